The molecule has 0 aromatic rings. The summed E-state index contributed by atoms with van der Waals surface area (Å²) in [7, 11) is 0. The minimum absolute atomic E-state index is 0.0501. The van der Waals surface area contributed by atoms with Gasteiger partial charge in [0.1, 0.15) is 17.7 Å². The molecule has 4 saturated carbocycles. The number of Topliss-reactive ketones (excluding diaryl/α,β-unsaturated/α-hetero) is 3. The zero-order chi connectivity index (χ0) is 22.9. The van der Waals surface area contributed by atoms with Crippen LogP contribution in [-0.4, -0.2) is 40.6 Å². The fourth-order valence-electron chi connectivity index (χ4n) is 7.75. The second kappa shape index (κ2) is 7.09. The Morgan fingerprint density at radius 3 is 2.45 bits per heavy atom. The van der Waals surface area contributed by atoms with Gasteiger partial charge < -0.3 is 14.6 Å². The van der Waals surface area contributed by atoms with Crippen LogP contribution < -0.4 is 0 Å². The molecule has 0 aromatic heterocycles. The van der Waals surface area contributed by atoms with Gasteiger partial charge in [-0.25, -0.2) is 0 Å². The molecule has 0 aromatic carbocycles. The Morgan fingerprint density at radius 1 is 1.13 bits per heavy atom. The summed E-state index contributed by atoms with van der Waals surface area (Å²) in [5.74, 6) is -1.17. The van der Waals surface area contributed by atoms with E-state index in [4.69, 9.17) is 4.74 Å². The fourth-order valence-corrected chi connectivity index (χ4v) is 7.75. The van der Waals surface area contributed by atoms with Crippen LogP contribution in [0, 0.1) is 34.0 Å². The molecule has 6 nitrogen and oxygen atoms in total. The van der Waals surface area contributed by atoms with Crippen molar-refractivity contribution in [2.75, 3.05) is 0 Å². The van der Waals surface area contributed by atoms with Crippen molar-refractivity contribution in [1.29, 1.82) is 0 Å². The van der Waals surface area contributed by atoms with Gasteiger partial charge in [-0.2, -0.15) is 0 Å². The Hall–Kier alpha value is -1.82. The van der Waals surface area contributed by atoms with Gasteiger partial charge in [0.2, 0.25) is 0 Å². The average Bonchev–Trinajstić information content (AvgIpc) is 2.80. The van der Waals surface area contributed by atoms with Crippen LogP contribution in [0.1, 0.15) is 72.6 Å². The zero-order valence-corrected chi connectivity index (χ0v) is 19.0. The standard InChI is InChI=1S/C25H34O6/c1-13(26)6-9-20(28)31-19-12-17-23(3,4)18(27)10-11-24(17,5)16-8-7-15-14(2)21(29)25(16,19)22(15)30/h15-17,19,22,30H,2,6-12H2,1,3-5H3/t15-,16-,17+,19+,22+,24-,25-/m0/s1. The van der Waals surface area contributed by atoms with E-state index in [2.05, 4.69) is 13.5 Å². The van der Waals surface area contributed by atoms with Crippen LogP contribution in [-0.2, 0) is 23.9 Å². The lowest BCUT2D eigenvalue weighted by Gasteiger charge is -2.64. The van der Waals surface area contributed by atoms with Crippen molar-refractivity contribution in [3.63, 3.8) is 0 Å². The number of carbonyl (C=O) groups excluding carboxylic acids is 4. The lowest BCUT2D eigenvalue weighted by molar-refractivity contribution is -0.231. The molecule has 0 unspecified atom stereocenters. The lowest BCUT2D eigenvalue weighted by Crippen LogP contribution is -2.68. The predicted molar refractivity (Wildman–Crippen MR) is 113 cm³/mol. The third-order valence-corrected chi connectivity index (χ3v) is 9.36. The minimum Gasteiger partial charge on any atom is -0.461 e. The fraction of sp³-hybridized carbons (Fsp3) is 0.760. The van der Waals surface area contributed by atoms with Gasteiger partial charge in [-0.05, 0) is 55.4 Å². The summed E-state index contributed by atoms with van der Waals surface area (Å²) in [6, 6.07) is 0. The van der Waals surface area contributed by atoms with Gasteiger partial charge in [0, 0.05) is 24.2 Å². The molecule has 4 aliphatic carbocycles. The molecule has 1 N–H and O–H groups in total. The highest BCUT2D eigenvalue weighted by Crippen LogP contribution is 2.71. The Kier molecular flexibility index (Phi) is 5.12. The lowest BCUT2D eigenvalue weighted by atomic mass is 9.39. The summed E-state index contributed by atoms with van der Waals surface area (Å²) >= 11 is 0. The first-order chi connectivity index (χ1) is 14.4. The maximum Gasteiger partial charge on any atom is 0.306 e. The van der Waals surface area contributed by atoms with Gasteiger partial charge in [-0.15, -0.1) is 0 Å². The van der Waals surface area contributed by atoms with Gasteiger partial charge in [0.15, 0.2) is 5.78 Å². The number of carbonyl (C=O) groups is 4. The summed E-state index contributed by atoms with van der Waals surface area (Å²) in [6.45, 7) is 11.5. The van der Waals surface area contributed by atoms with Crippen molar-refractivity contribution in [1.82, 2.24) is 0 Å². The van der Waals surface area contributed by atoms with Crippen molar-refractivity contribution in [3.8, 4) is 0 Å². The molecule has 2 bridgehead atoms. The van der Waals surface area contributed by atoms with Crippen LogP contribution >= 0.6 is 0 Å². The molecular weight excluding hydrogens is 396 g/mol. The van der Waals surface area contributed by atoms with Gasteiger partial charge in [-0.1, -0.05) is 27.4 Å². The SMILES string of the molecule is C=C1C(=O)[C@]23[C@H](O)[C@H]1CC[C@H]2[C@]1(C)CCC(=O)C(C)(C)[C@H]1C[C@H]3OC(=O)CCC(C)=O. The van der Waals surface area contributed by atoms with E-state index in [1.54, 1.807) is 0 Å². The topological polar surface area (TPSA) is 97.7 Å². The maximum atomic E-state index is 13.7. The normalized spacial score (nSPS) is 43.3. The van der Waals surface area contributed by atoms with Crippen LogP contribution in [0.25, 0.3) is 0 Å². The highest BCUT2D eigenvalue weighted by Gasteiger charge is 2.75. The van der Waals surface area contributed by atoms with Crippen LogP contribution in [0.5, 0.6) is 0 Å². The Labute approximate surface area is 183 Å². The molecule has 0 aliphatic heterocycles. The molecule has 0 heterocycles. The zero-order valence-electron chi connectivity index (χ0n) is 19.0. The van der Waals surface area contributed by atoms with Crippen molar-refractivity contribution >= 4 is 23.3 Å². The first-order valence-corrected chi connectivity index (χ1v) is 11.5. The molecule has 7 atom stereocenters. The molecule has 6 heteroatoms. The Balaban J connectivity index is 1.80. The molecule has 31 heavy (non-hydrogen) atoms. The second-order valence-corrected chi connectivity index (χ2v) is 11.1. The molecule has 0 radical (unpaired) electrons. The van der Waals surface area contributed by atoms with E-state index in [1.165, 1.54) is 6.92 Å². The second-order valence-electron chi connectivity index (χ2n) is 11.1. The number of aliphatic hydroxyl groups excluding tert-OH is 1. The number of ketones is 3. The number of hydrogen-bond acceptors (Lipinski definition) is 6. The first-order valence-electron chi connectivity index (χ1n) is 11.5. The van der Waals surface area contributed by atoms with E-state index in [0.717, 1.165) is 6.42 Å². The van der Waals surface area contributed by atoms with Gasteiger partial charge in [0.05, 0.1) is 17.9 Å². The number of esters is 1. The van der Waals surface area contributed by atoms with Crippen molar-refractivity contribution in [2.24, 2.45) is 34.0 Å². The third kappa shape index (κ3) is 2.86. The predicted octanol–water partition coefficient (Wildman–Crippen LogP) is 3.20. The van der Waals surface area contributed by atoms with Crippen LogP contribution in [0.4, 0.5) is 0 Å². The summed E-state index contributed by atoms with van der Waals surface area (Å²) in [6.07, 6.45) is 1.20. The van der Waals surface area contributed by atoms with E-state index in [1.807, 2.05) is 13.8 Å². The smallest absolute Gasteiger partial charge is 0.306 e. The van der Waals surface area contributed by atoms with Crippen molar-refractivity contribution in [3.05, 3.63) is 12.2 Å². The molecule has 4 aliphatic rings. The molecule has 1 spiro atoms. The number of aliphatic hydroxyl groups is 1. The maximum absolute atomic E-state index is 13.7. The monoisotopic (exact) mass is 430 g/mol. The van der Waals surface area contributed by atoms with Crippen LogP contribution in [0.3, 0.4) is 0 Å². The van der Waals surface area contributed by atoms with Gasteiger partial charge in [0.25, 0.3) is 0 Å². The van der Waals surface area contributed by atoms with E-state index < -0.39 is 29.0 Å². The molecule has 4 rings (SSSR count). The van der Waals surface area contributed by atoms with Crippen molar-refractivity contribution in [2.45, 2.75) is 84.8 Å². The number of hydrogen-bond donors (Lipinski definition) is 1. The first kappa shape index (κ1) is 22.4. The molecule has 170 valence electrons. The van der Waals surface area contributed by atoms with Crippen LogP contribution in [0.15, 0.2) is 12.2 Å². The Morgan fingerprint density at radius 2 is 1.81 bits per heavy atom. The molecular formula is C25H34O6. The summed E-state index contributed by atoms with van der Waals surface area (Å²) in [5, 5.41) is 11.4. The van der Waals surface area contributed by atoms with Gasteiger partial charge >= 0.3 is 5.97 Å². The largest absolute Gasteiger partial charge is 0.461 e. The molecule has 0 amide bonds. The minimum atomic E-state index is -1.20. The van der Waals surface area contributed by atoms with Crippen LogP contribution in [0.2, 0.25) is 0 Å². The molecule has 4 fully saturated rings. The summed E-state index contributed by atoms with van der Waals surface area (Å²) < 4.78 is 5.92. The van der Waals surface area contributed by atoms with Crippen molar-refractivity contribution < 1.29 is 29.0 Å². The number of fused-ring (bicyclic) bond motifs is 3. The number of ether oxygens (including phenoxy) is 1. The number of rotatable bonds is 4. The summed E-state index contributed by atoms with van der Waals surface area (Å²) in [4.78, 5) is 50.5. The average molecular weight is 431 g/mol. The highest BCUT2D eigenvalue weighted by atomic mass is 16.5. The van der Waals surface area contributed by atoms with E-state index in [0.29, 0.717) is 31.3 Å². The Bertz CT molecular complexity index is 871. The third-order valence-electron chi connectivity index (χ3n) is 9.36. The molecule has 0 saturated heterocycles. The quantitative estimate of drug-likeness (QED) is 0.543. The summed E-state index contributed by atoms with van der Waals surface area (Å²) in [5.41, 5.74) is -1.67. The van der Waals surface area contributed by atoms with E-state index >= 15 is 0 Å². The van der Waals surface area contributed by atoms with E-state index in [9.17, 15) is 24.3 Å². The van der Waals surface area contributed by atoms with E-state index in [-0.39, 0.29) is 53.4 Å². The highest BCUT2D eigenvalue weighted by molar-refractivity contribution is 6.04. The van der Waals surface area contributed by atoms with Gasteiger partial charge in [-0.3, -0.25) is 14.4 Å².